The van der Waals surface area contributed by atoms with Gasteiger partial charge < -0.3 is 0 Å². The zero-order valence-electron chi connectivity index (χ0n) is 8.69. The molecule has 0 heterocycles. The highest BCUT2D eigenvalue weighted by atomic mass is 14.0. The van der Waals surface area contributed by atoms with Gasteiger partial charge in [0.2, 0.25) is 0 Å². The molecule has 0 aliphatic heterocycles. The Kier molecular flexibility index (Phi) is 2.99. The van der Waals surface area contributed by atoms with E-state index in [9.17, 15) is 0 Å². The van der Waals surface area contributed by atoms with Crippen molar-refractivity contribution >= 4 is 12.7 Å². The second kappa shape index (κ2) is 4.61. The quantitative estimate of drug-likeness (QED) is 0.643. The molecular formula is C15H14. The van der Waals surface area contributed by atoms with Crippen LogP contribution in [0.5, 0.6) is 0 Å². The first-order valence-corrected chi connectivity index (χ1v) is 5.14. The molecule has 0 radical (unpaired) electrons. The van der Waals surface area contributed by atoms with Crippen LogP contribution in [0.3, 0.4) is 0 Å². The Morgan fingerprint density at radius 1 is 1.07 bits per heavy atom. The molecule has 0 saturated heterocycles. The van der Waals surface area contributed by atoms with Crippen molar-refractivity contribution < 1.29 is 0 Å². The van der Waals surface area contributed by atoms with Crippen LogP contribution >= 0.6 is 0 Å². The van der Waals surface area contributed by atoms with Gasteiger partial charge in [-0.3, -0.25) is 0 Å². The van der Waals surface area contributed by atoms with Crippen molar-refractivity contribution in [1.82, 2.24) is 0 Å². The van der Waals surface area contributed by atoms with Gasteiger partial charge in [0.1, 0.15) is 0 Å². The van der Waals surface area contributed by atoms with Crippen LogP contribution < -0.4 is 10.4 Å². The summed E-state index contributed by atoms with van der Waals surface area (Å²) in [6, 6.07) is 8.16. The Labute approximate surface area is 90.3 Å². The maximum atomic E-state index is 3.99. The average molecular weight is 194 g/mol. The molecule has 0 fully saturated rings. The topological polar surface area (TPSA) is 0 Å². The van der Waals surface area contributed by atoms with Gasteiger partial charge in [-0.15, -0.1) is 0 Å². The highest BCUT2D eigenvalue weighted by Crippen LogP contribution is 2.09. The molecule has 2 rings (SSSR count). The number of benzene rings is 1. The predicted molar refractivity (Wildman–Crippen MR) is 66.7 cm³/mol. The number of hydrogen-bond acceptors (Lipinski definition) is 0. The van der Waals surface area contributed by atoms with Crippen molar-refractivity contribution in [2.45, 2.75) is 6.42 Å². The summed E-state index contributed by atoms with van der Waals surface area (Å²) in [7, 11) is 0. The predicted octanol–water partition coefficient (Wildman–Crippen LogP) is 2.32. The lowest BCUT2D eigenvalue weighted by Gasteiger charge is -1.98. The smallest absolute Gasteiger partial charge is 0.00943 e. The summed E-state index contributed by atoms with van der Waals surface area (Å²) in [5.74, 6) is 0. The van der Waals surface area contributed by atoms with Gasteiger partial charge in [-0.05, 0) is 22.4 Å². The van der Waals surface area contributed by atoms with E-state index in [1.165, 1.54) is 10.8 Å². The Balaban J connectivity index is 2.33. The van der Waals surface area contributed by atoms with E-state index in [-0.39, 0.29) is 0 Å². The van der Waals surface area contributed by atoms with Crippen LogP contribution in [0.25, 0.3) is 12.7 Å². The van der Waals surface area contributed by atoms with E-state index in [1.54, 1.807) is 0 Å². The van der Waals surface area contributed by atoms with Gasteiger partial charge in [0.05, 0.1) is 0 Å². The molecule has 0 atom stereocenters. The minimum atomic E-state index is 1.02. The molecule has 0 amide bonds. The van der Waals surface area contributed by atoms with Gasteiger partial charge >= 0.3 is 0 Å². The minimum absolute atomic E-state index is 1.02. The molecule has 1 aliphatic rings. The lowest BCUT2D eigenvalue weighted by molar-refractivity contribution is 1.27. The maximum absolute atomic E-state index is 3.99. The van der Waals surface area contributed by atoms with Crippen molar-refractivity contribution in [3.63, 3.8) is 0 Å². The molecule has 0 N–H and O–H groups in total. The molecule has 0 unspecified atom stereocenters. The van der Waals surface area contributed by atoms with Crippen molar-refractivity contribution in [3.05, 3.63) is 70.7 Å². The van der Waals surface area contributed by atoms with Crippen LogP contribution in [-0.2, 0) is 0 Å². The molecule has 1 aliphatic carbocycles. The van der Waals surface area contributed by atoms with Gasteiger partial charge in [-0.1, -0.05) is 67.3 Å². The molecule has 0 bridgehead atoms. The first-order chi connectivity index (χ1) is 7.36. The van der Waals surface area contributed by atoms with E-state index in [0.717, 1.165) is 11.6 Å². The molecule has 74 valence electrons. The summed E-state index contributed by atoms with van der Waals surface area (Å²) in [4.78, 5) is 0. The molecule has 0 heteroatoms. The first kappa shape index (κ1) is 9.72. The summed E-state index contributed by atoms with van der Waals surface area (Å²) in [5.41, 5.74) is 1.33. The van der Waals surface area contributed by atoms with Gasteiger partial charge in [0.25, 0.3) is 0 Å². The van der Waals surface area contributed by atoms with Crippen LogP contribution in [0.15, 0.2) is 60.2 Å². The Morgan fingerprint density at radius 2 is 1.93 bits per heavy atom. The zero-order valence-corrected chi connectivity index (χ0v) is 8.69. The van der Waals surface area contributed by atoms with Crippen molar-refractivity contribution in [1.29, 1.82) is 0 Å². The molecule has 0 aromatic heterocycles. The molecular weight excluding hydrogens is 180 g/mol. The van der Waals surface area contributed by atoms with Gasteiger partial charge in [0, 0.05) is 0 Å². The van der Waals surface area contributed by atoms with Gasteiger partial charge in [0.15, 0.2) is 0 Å². The fraction of sp³-hybridized carbons (Fsp3) is 0.0667. The van der Waals surface area contributed by atoms with E-state index in [2.05, 4.69) is 49.1 Å². The Bertz CT molecular complexity index is 527. The van der Waals surface area contributed by atoms with Crippen LogP contribution in [-0.4, -0.2) is 0 Å². The number of hydrogen-bond donors (Lipinski definition) is 0. The average Bonchev–Trinajstić information content (AvgIpc) is 2.29. The van der Waals surface area contributed by atoms with Crippen LogP contribution in [0, 0.1) is 0 Å². The SMILES string of the molecule is C=c1cccc/c1=C/C=C1/C=CC=CC1. The fourth-order valence-corrected chi connectivity index (χ4v) is 1.55. The van der Waals surface area contributed by atoms with Gasteiger partial charge in [-0.2, -0.15) is 0 Å². The highest BCUT2D eigenvalue weighted by molar-refractivity contribution is 5.45. The number of allylic oxidation sites excluding steroid dienone is 6. The zero-order chi connectivity index (χ0) is 10.5. The summed E-state index contributed by atoms with van der Waals surface area (Å²) in [6.07, 6.45) is 13.8. The van der Waals surface area contributed by atoms with E-state index >= 15 is 0 Å². The van der Waals surface area contributed by atoms with Crippen molar-refractivity contribution in [3.8, 4) is 0 Å². The Morgan fingerprint density at radius 3 is 2.67 bits per heavy atom. The standard InChI is InChI=1S/C15H14/c1-13-7-5-6-10-15(13)12-11-14-8-3-2-4-9-14/h2-8,10-12H,1,9H2/b14-11-,15-12-. The fourth-order valence-electron chi connectivity index (χ4n) is 1.55. The minimum Gasteiger partial charge on any atom is -0.0912 e. The monoisotopic (exact) mass is 194 g/mol. The largest absolute Gasteiger partial charge is 0.0912 e. The molecule has 1 aromatic carbocycles. The van der Waals surface area contributed by atoms with E-state index in [1.807, 2.05) is 18.2 Å². The second-order valence-electron chi connectivity index (χ2n) is 3.60. The first-order valence-electron chi connectivity index (χ1n) is 5.14. The van der Waals surface area contributed by atoms with E-state index in [4.69, 9.17) is 0 Å². The maximum Gasteiger partial charge on any atom is -0.00943 e. The Hall–Kier alpha value is -1.82. The summed E-state index contributed by atoms with van der Waals surface area (Å²) in [6.45, 7) is 3.99. The molecule has 1 aromatic rings. The van der Waals surface area contributed by atoms with Crippen molar-refractivity contribution in [2.75, 3.05) is 0 Å². The third-order valence-electron chi connectivity index (χ3n) is 2.44. The number of rotatable bonds is 1. The van der Waals surface area contributed by atoms with E-state index < -0.39 is 0 Å². The summed E-state index contributed by atoms with van der Waals surface area (Å²) < 4.78 is 0. The normalized spacial score (nSPS) is 18.7. The van der Waals surface area contributed by atoms with Crippen LogP contribution in [0.2, 0.25) is 0 Å². The third kappa shape index (κ3) is 2.57. The van der Waals surface area contributed by atoms with Crippen molar-refractivity contribution in [2.24, 2.45) is 0 Å². The lowest BCUT2D eigenvalue weighted by atomic mass is 10.1. The van der Waals surface area contributed by atoms with Crippen LogP contribution in [0.4, 0.5) is 0 Å². The van der Waals surface area contributed by atoms with Gasteiger partial charge in [-0.25, -0.2) is 0 Å². The second-order valence-corrected chi connectivity index (χ2v) is 3.60. The van der Waals surface area contributed by atoms with E-state index in [0.29, 0.717) is 0 Å². The molecule has 15 heavy (non-hydrogen) atoms. The molecule has 0 saturated carbocycles. The molecule has 0 spiro atoms. The van der Waals surface area contributed by atoms with Crippen LogP contribution in [0.1, 0.15) is 6.42 Å². The summed E-state index contributed by atoms with van der Waals surface area (Å²) >= 11 is 0. The summed E-state index contributed by atoms with van der Waals surface area (Å²) in [5, 5.41) is 2.26. The lowest BCUT2D eigenvalue weighted by Crippen LogP contribution is -2.21. The third-order valence-corrected chi connectivity index (χ3v) is 2.44. The highest BCUT2D eigenvalue weighted by Gasteiger charge is 1.90. The molecule has 0 nitrogen and oxygen atoms in total.